The smallest absolute Gasteiger partial charge is 0.221 e. The van der Waals surface area contributed by atoms with Gasteiger partial charge in [0.1, 0.15) is 0 Å². The van der Waals surface area contributed by atoms with Gasteiger partial charge < -0.3 is 10.6 Å². The monoisotopic (exact) mass is 240 g/mol. The van der Waals surface area contributed by atoms with Crippen molar-refractivity contribution in [1.82, 2.24) is 0 Å². The summed E-state index contributed by atoms with van der Waals surface area (Å²) in [7, 11) is 0. The van der Waals surface area contributed by atoms with Crippen molar-refractivity contribution in [2.24, 2.45) is 0 Å². The summed E-state index contributed by atoms with van der Waals surface area (Å²) in [4.78, 5) is 11.1. The van der Waals surface area contributed by atoms with Gasteiger partial charge in [-0.2, -0.15) is 0 Å². The van der Waals surface area contributed by atoms with Crippen LogP contribution in [0.4, 0.5) is 17.1 Å². The average molecular weight is 240 g/mol. The highest BCUT2D eigenvalue weighted by Crippen LogP contribution is 2.26. The highest BCUT2D eigenvalue weighted by Gasteiger charge is 2.04. The maximum absolute atomic E-state index is 11.1. The fourth-order valence-corrected chi connectivity index (χ4v) is 1.75. The number of carbonyl (C=O) groups is 1. The fraction of sp³-hybridized carbons (Fsp3) is 0.133. The molecule has 0 spiro atoms. The van der Waals surface area contributed by atoms with E-state index in [1.165, 1.54) is 6.92 Å². The molecule has 2 N–H and O–H groups in total. The zero-order valence-electron chi connectivity index (χ0n) is 10.5. The number of amides is 1. The molecule has 3 heteroatoms. The van der Waals surface area contributed by atoms with Gasteiger partial charge in [0.25, 0.3) is 0 Å². The minimum absolute atomic E-state index is 0.0750. The zero-order valence-corrected chi connectivity index (χ0v) is 10.5. The Labute approximate surface area is 107 Å². The molecule has 0 aromatic heterocycles. The van der Waals surface area contributed by atoms with Crippen LogP contribution in [-0.2, 0) is 4.79 Å². The predicted molar refractivity (Wildman–Crippen MR) is 75.2 cm³/mol. The number of rotatable bonds is 3. The molecule has 3 nitrogen and oxygen atoms in total. The number of hydrogen-bond donors (Lipinski definition) is 2. The Morgan fingerprint density at radius 3 is 2.06 bits per heavy atom. The molecular formula is C15H16N2O. The Hall–Kier alpha value is -2.29. The zero-order chi connectivity index (χ0) is 13.0. The SMILES string of the molecule is CC(=O)Nc1ccccc1Nc1ccccc1C. The van der Waals surface area contributed by atoms with Crippen molar-refractivity contribution in [2.75, 3.05) is 10.6 Å². The molecule has 0 saturated carbocycles. The lowest BCUT2D eigenvalue weighted by molar-refractivity contribution is -0.114. The molecule has 0 saturated heterocycles. The van der Waals surface area contributed by atoms with Gasteiger partial charge in [-0.3, -0.25) is 4.79 Å². The van der Waals surface area contributed by atoms with Crippen LogP contribution >= 0.6 is 0 Å². The van der Waals surface area contributed by atoms with Crippen LogP contribution in [0.3, 0.4) is 0 Å². The molecule has 2 rings (SSSR count). The van der Waals surface area contributed by atoms with Crippen molar-refractivity contribution in [3.8, 4) is 0 Å². The van der Waals surface area contributed by atoms with Crippen molar-refractivity contribution in [3.63, 3.8) is 0 Å². The van der Waals surface area contributed by atoms with E-state index in [1.54, 1.807) is 0 Å². The third kappa shape index (κ3) is 2.88. The number of hydrogen-bond acceptors (Lipinski definition) is 2. The molecule has 18 heavy (non-hydrogen) atoms. The molecule has 1 amide bonds. The molecular weight excluding hydrogens is 224 g/mol. The van der Waals surface area contributed by atoms with Gasteiger partial charge in [0.05, 0.1) is 11.4 Å². The summed E-state index contributed by atoms with van der Waals surface area (Å²) in [5.41, 5.74) is 3.88. The quantitative estimate of drug-likeness (QED) is 0.859. The molecule has 2 aromatic carbocycles. The van der Waals surface area contributed by atoms with E-state index >= 15 is 0 Å². The van der Waals surface area contributed by atoms with Gasteiger partial charge in [-0.05, 0) is 30.7 Å². The largest absolute Gasteiger partial charge is 0.354 e. The van der Waals surface area contributed by atoms with Crippen LogP contribution in [-0.4, -0.2) is 5.91 Å². The summed E-state index contributed by atoms with van der Waals surface area (Å²) in [5, 5.41) is 6.14. The van der Waals surface area contributed by atoms with Crippen LogP contribution in [0.15, 0.2) is 48.5 Å². The second-order valence-corrected chi connectivity index (χ2v) is 4.17. The summed E-state index contributed by atoms with van der Waals surface area (Å²) in [6.07, 6.45) is 0. The predicted octanol–water partition coefficient (Wildman–Crippen LogP) is 3.70. The first-order valence-corrected chi connectivity index (χ1v) is 5.86. The van der Waals surface area contributed by atoms with E-state index in [1.807, 2.05) is 55.5 Å². The molecule has 0 aliphatic heterocycles. The topological polar surface area (TPSA) is 41.1 Å². The van der Waals surface area contributed by atoms with Crippen LogP contribution in [0, 0.1) is 6.92 Å². The highest BCUT2D eigenvalue weighted by atomic mass is 16.1. The molecule has 0 aliphatic rings. The van der Waals surface area contributed by atoms with Crippen LogP contribution in [0.2, 0.25) is 0 Å². The summed E-state index contributed by atoms with van der Waals surface area (Å²) < 4.78 is 0. The van der Waals surface area contributed by atoms with E-state index in [4.69, 9.17) is 0 Å². The number of carbonyl (C=O) groups excluding carboxylic acids is 1. The maximum atomic E-state index is 11.1. The van der Waals surface area contributed by atoms with E-state index in [0.717, 1.165) is 22.6 Å². The van der Waals surface area contributed by atoms with Gasteiger partial charge in [-0.1, -0.05) is 30.3 Å². The lowest BCUT2D eigenvalue weighted by Gasteiger charge is -2.13. The minimum Gasteiger partial charge on any atom is -0.354 e. The Bertz CT molecular complexity index is 564. The van der Waals surface area contributed by atoms with E-state index in [9.17, 15) is 4.79 Å². The van der Waals surface area contributed by atoms with E-state index in [0.29, 0.717) is 0 Å². The number of anilines is 3. The lowest BCUT2D eigenvalue weighted by atomic mass is 10.2. The van der Waals surface area contributed by atoms with Crippen molar-refractivity contribution >= 4 is 23.0 Å². The first-order valence-electron chi connectivity index (χ1n) is 5.86. The Kier molecular flexibility index (Phi) is 3.63. The number of nitrogens with one attached hydrogen (secondary N) is 2. The third-order valence-corrected chi connectivity index (χ3v) is 2.65. The van der Waals surface area contributed by atoms with Crippen LogP contribution in [0.25, 0.3) is 0 Å². The van der Waals surface area contributed by atoms with Gasteiger partial charge in [-0.15, -0.1) is 0 Å². The van der Waals surface area contributed by atoms with Gasteiger partial charge in [0.15, 0.2) is 0 Å². The molecule has 0 unspecified atom stereocenters. The van der Waals surface area contributed by atoms with Gasteiger partial charge in [0, 0.05) is 12.6 Å². The average Bonchev–Trinajstić information content (AvgIpc) is 2.34. The maximum Gasteiger partial charge on any atom is 0.221 e. The fourth-order valence-electron chi connectivity index (χ4n) is 1.75. The van der Waals surface area contributed by atoms with Crippen molar-refractivity contribution in [3.05, 3.63) is 54.1 Å². The van der Waals surface area contributed by atoms with E-state index in [-0.39, 0.29) is 5.91 Å². The summed E-state index contributed by atoms with van der Waals surface area (Å²) in [6.45, 7) is 3.55. The minimum atomic E-state index is -0.0750. The highest BCUT2D eigenvalue weighted by molar-refractivity contribution is 5.93. The standard InChI is InChI=1S/C15H16N2O/c1-11-7-3-4-8-13(11)17-15-10-6-5-9-14(15)16-12(2)18/h3-10,17H,1-2H3,(H,16,18). The molecule has 2 aromatic rings. The molecule has 0 heterocycles. The molecule has 0 radical (unpaired) electrons. The lowest BCUT2D eigenvalue weighted by Crippen LogP contribution is -2.08. The van der Waals surface area contributed by atoms with Crippen molar-refractivity contribution in [1.29, 1.82) is 0 Å². The van der Waals surface area contributed by atoms with Crippen LogP contribution in [0.5, 0.6) is 0 Å². The van der Waals surface area contributed by atoms with Gasteiger partial charge >= 0.3 is 0 Å². The van der Waals surface area contributed by atoms with E-state index in [2.05, 4.69) is 10.6 Å². The third-order valence-electron chi connectivity index (χ3n) is 2.65. The number of benzene rings is 2. The van der Waals surface area contributed by atoms with Crippen molar-refractivity contribution in [2.45, 2.75) is 13.8 Å². The number of para-hydroxylation sites is 3. The molecule has 0 bridgehead atoms. The van der Waals surface area contributed by atoms with E-state index < -0.39 is 0 Å². The van der Waals surface area contributed by atoms with Gasteiger partial charge in [-0.25, -0.2) is 0 Å². The van der Waals surface area contributed by atoms with Crippen LogP contribution < -0.4 is 10.6 Å². The normalized spacial score (nSPS) is 9.89. The van der Waals surface area contributed by atoms with Gasteiger partial charge in [0.2, 0.25) is 5.91 Å². The summed E-state index contributed by atoms with van der Waals surface area (Å²) in [6, 6.07) is 15.7. The number of aryl methyl sites for hydroxylation is 1. The summed E-state index contributed by atoms with van der Waals surface area (Å²) in [5.74, 6) is -0.0750. The second-order valence-electron chi connectivity index (χ2n) is 4.17. The van der Waals surface area contributed by atoms with Crippen LogP contribution in [0.1, 0.15) is 12.5 Å². The Morgan fingerprint density at radius 1 is 0.889 bits per heavy atom. The molecule has 0 atom stereocenters. The second kappa shape index (κ2) is 5.36. The molecule has 92 valence electrons. The Balaban J connectivity index is 2.29. The first kappa shape index (κ1) is 12.2. The first-order chi connectivity index (χ1) is 8.66. The molecule has 0 aliphatic carbocycles. The molecule has 0 fully saturated rings. The Morgan fingerprint density at radius 2 is 1.44 bits per heavy atom. The van der Waals surface area contributed by atoms with Crippen molar-refractivity contribution < 1.29 is 4.79 Å². The summed E-state index contributed by atoms with van der Waals surface area (Å²) >= 11 is 0.